The number of β-amino-alcohol motifs (C(OH)–C–C–N with tert-alkyl or cyclic N) is 1. The number of carbonyl (C=O) groups is 2. The number of halogens is 1. The van der Waals surface area contributed by atoms with Crippen molar-refractivity contribution in [3.05, 3.63) is 71.0 Å². The summed E-state index contributed by atoms with van der Waals surface area (Å²) < 4.78 is 13.0. The van der Waals surface area contributed by atoms with E-state index in [1.807, 2.05) is 24.3 Å². The van der Waals surface area contributed by atoms with Crippen LogP contribution in [0.2, 0.25) is 0 Å². The Balaban J connectivity index is 1.59. The molecule has 0 radical (unpaired) electrons. The molecule has 1 aliphatic heterocycles. The van der Waals surface area contributed by atoms with Gasteiger partial charge in [0.25, 0.3) is 0 Å². The van der Waals surface area contributed by atoms with Gasteiger partial charge < -0.3 is 5.11 Å². The predicted octanol–water partition coefficient (Wildman–Crippen LogP) is 2.50. The maximum Gasteiger partial charge on any atom is 0.240 e. The zero-order valence-corrected chi connectivity index (χ0v) is 13.6. The molecule has 1 aliphatic carbocycles. The van der Waals surface area contributed by atoms with Crippen LogP contribution in [0.3, 0.4) is 0 Å². The molecule has 4 rings (SSSR count). The average molecular weight is 339 g/mol. The van der Waals surface area contributed by atoms with Gasteiger partial charge in [0.2, 0.25) is 11.8 Å². The first kappa shape index (κ1) is 16.0. The summed E-state index contributed by atoms with van der Waals surface area (Å²) in [6.45, 7) is -0.104. The van der Waals surface area contributed by atoms with Crippen LogP contribution in [0.15, 0.2) is 48.5 Å². The van der Waals surface area contributed by atoms with Gasteiger partial charge in [-0.25, -0.2) is 4.39 Å². The standard InChI is InChI=1S/C20H18FNO3/c21-15-7-5-14(6-8-15)17(23)12-22-18(24)11-20(19(22)25)10-9-13-3-1-2-4-16(13)20/h1-8,17,23H,9-12H2. The van der Waals surface area contributed by atoms with E-state index in [-0.39, 0.29) is 24.8 Å². The maximum absolute atomic E-state index is 13.1. The van der Waals surface area contributed by atoms with E-state index in [1.54, 1.807) is 0 Å². The molecule has 1 saturated heterocycles. The Hall–Kier alpha value is -2.53. The number of rotatable bonds is 3. The van der Waals surface area contributed by atoms with Crippen molar-refractivity contribution in [2.45, 2.75) is 30.8 Å². The van der Waals surface area contributed by atoms with Crippen molar-refractivity contribution in [3.8, 4) is 0 Å². The van der Waals surface area contributed by atoms with Gasteiger partial charge >= 0.3 is 0 Å². The number of amides is 2. The first-order valence-electron chi connectivity index (χ1n) is 8.38. The summed E-state index contributed by atoms with van der Waals surface area (Å²) in [5, 5.41) is 10.4. The van der Waals surface area contributed by atoms with Gasteiger partial charge in [0.1, 0.15) is 5.82 Å². The van der Waals surface area contributed by atoms with E-state index in [9.17, 15) is 19.1 Å². The summed E-state index contributed by atoms with van der Waals surface area (Å²) in [5.74, 6) is -0.891. The van der Waals surface area contributed by atoms with Crippen LogP contribution in [0.5, 0.6) is 0 Å². The van der Waals surface area contributed by atoms with E-state index < -0.39 is 17.3 Å². The molecular weight excluding hydrogens is 321 g/mol. The number of benzene rings is 2. The topological polar surface area (TPSA) is 57.6 Å². The number of nitrogens with zero attached hydrogens (tertiary/aromatic N) is 1. The third-order valence-electron chi connectivity index (χ3n) is 5.37. The number of aryl methyl sites for hydroxylation is 1. The fourth-order valence-electron chi connectivity index (χ4n) is 4.04. The van der Waals surface area contributed by atoms with E-state index in [4.69, 9.17) is 0 Å². The number of likely N-dealkylation sites (tertiary alicyclic amines) is 1. The lowest BCUT2D eigenvalue weighted by atomic mass is 9.80. The number of aliphatic hydroxyl groups is 1. The lowest BCUT2D eigenvalue weighted by molar-refractivity contribution is -0.141. The smallest absolute Gasteiger partial charge is 0.240 e. The van der Waals surface area contributed by atoms with Crippen LogP contribution in [0.1, 0.15) is 35.6 Å². The molecule has 0 saturated carbocycles. The molecule has 2 aromatic carbocycles. The van der Waals surface area contributed by atoms with Crippen molar-refractivity contribution < 1.29 is 19.1 Å². The van der Waals surface area contributed by atoms with Gasteiger partial charge in [-0.05, 0) is 41.7 Å². The minimum Gasteiger partial charge on any atom is -0.387 e. The normalized spacial score (nSPS) is 23.4. The fourth-order valence-corrected chi connectivity index (χ4v) is 4.04. The second kappa shape index (κ2) is 5.77. The molecule has 2 amide bonds. The molecule has 1 heterocycles. The van der Waals surface area contributed by atoms with Crippen molar-refractivity contribution >= 4 is 11.8 Å². The Morgan fingerprint density at radius 2 is 1.84 bits per heavy atom. The molecule has 1 spiro atoms. The van der Waals surface area contributed by atoms with Crippen LogP contribution < -0.4 is 0 Å². The number of imide groups is 1. The fraction of sp³-hybridized carbons (Fsp3) is 0.300. The van der Waals surface area contributed by atoms with E-state index in [0.29, 0.717) is 12.0 Å². The SMILES string of the molecule is O=C1CC2(CCc3ccccc32)C(=O)N1CC(O)c1ccc(F)cc1. The summed E-state index contributed by atoms with van der Waals surface area (Å²) in [7, 11) is 0. The van der Waals surface area contributed by atoms with Crippen molar-refractivity contribution in [1.82, 2.24) is 4.90 Å². The lowest BCUT2D eigenvalue weighted by Gasteiger charge is -2.24. The number of carbonyl (C=O) groups excluding carboxylic acids is 2. The third-order valence-corrected chi connectivity index (χ3v) is 5.37. The predicted molar refractivity (Wildman–Crippen MR) is 89.1 cm³/mol. The van der Waals surface area contributed by atoms with Crippen LogP contribution in [0.25, 0.3) is 0 Å². The van der Waals surface area contributed by atoms with Gasteiger partial charge in [0.15, 0.2) is 0 Å². The molecule has 0 bridgehead atoms. The number of aliphatic hydroxyl groups excluding tert-OH is 1. The van der Waals surface area contributed by atoms with Gasteiger partial charge in [-0.15, -0.1) is 0 Å². The molecule has 2 aromatic rings. The monoisotopic (exact) mass is 339 g/mol. The second-order valence-corrected chi connectivity index (χ2v) is 6.79. The Labute approximate surface area is 144 Å². The summed E-state index contributed by atoms with van der Waals surface area (Å²) >= 11 is 0. The van der Waals surface area contributed by atoms with Crippen LogP contribution >= 0.6 is 0 Å². The van der Waals surface area contributed by atoms with Crippen LogP contribution in [-0.4, -0.2) is 28.4 Å². The molecule has 4 nitrogen and oxygen atoms in total. The van der Waals surface area contributed by atoms with Crippen molar-refractivity contribution in [2.24, 2.45) is 0 Å². The summed E-state index contributed by atoms with van der Waals surface area (Å²) in [4.78, 5) is 26.7. The summed E-state index contributed by atoms with van der Waals surface area (Å²) in [6.07, 6.45) is 0.531. The molecule has 25 heavy (non-hydrogen) atoms. The Morgan fingerprint density at radius 1 is 1.12 bits per heavy atom. The molecule has 2 aliphatic rings. The molecule has 1 N–H and O–H groups in total. The number of hydrogen-bond acceptors (Lipinski definition) is 3. The minimum atomic E-state index is -1.03. The van der Waals surface area contributed by atoms with Crippen molar-refractivity contribution in [1.29, 1.82) is 0 Å². The molecule has 2 atom stereocenters. The molecule has 128 valence electrons. The van der Waals surface area contributed by atoms with Crippen LogP contribution in [0.4, 0.5) is 4.39 Å². The Morgan fingerprint density at radius 3 is 2.60 bits per heavy atom. The molecular formula is C20H18FNO3. The van der Waals surface area contributed by atoms with Gasteiger partial charge in [-0.2, -0.15) is 0 Å². The highest BCUT2D eigenvalue weighted by atomic mass is 19.1. The summed E-state index contributed by atoms with van der Waals surface area (Å²) in [6, 6.07) is 13.2. The second-order valence-electron chi connectivity index (χ2n) is 6.79. The lowest BCUT2D eigenvalue weighted by Crippen LogP contribution is -2.39. The molecule has 5 heteroatoms. The summed E-state index contributed by atoms with van der Waals surface area (Å²) in [5.41, 5.74) is 1.75. The number of hydrogen-bond donors (Lipinski definition) is 1. The van der Waals surface area contributed by atoms with Crippen molar-refractivity contribution in [2.75, 3.05) is 6.54 Å². The van der Waals surface area contributed by atoms with Crippen LogP contribution in [0, 0.1) is 5.82 Å². The van der Waals surface area contributed by atoms with Gasteiger partial charge in [0, 0.05) is 6.42 Å². The van der Waals surface area contributed by atoms with Crippen LogP contribution in [-0.2, 0) is 21.4 Å². The van der Waals surface area contributed by atoms with E-state index in [0.717, 1.165) is 22.4 Å². The maximum atomic E-state index is 13.1. The Kier molecular flexibility index (Phi) is 3.69. The van der Waals surface area contributed by atoms with E-state index >= 15 is 0 Å². The first-order chi connectivity index (χ1) is 12.0. The Bertz CT molecular complexity index is 848. The molecule has 0 aromatic heterocycles. The number of fused-ring (bicyclic) bond motifs is 2. The van der Waals surface area contributed by atoms with Crippen molar-refractivity contribution in [3.63, 3.8) is 0 Å². The van der Waals surface area contributed by atoms with Gasteiger partial charge in [0.05, 0.1) is 18.1 Å². The van der Waals surface area contributed by atoms with E-state index in [1.165, 1.54) is 24.3 Å². The quantitative estimate of drug-likeness (QED) is 0.874. The average Bonchev–Trinajstić information content (AvgIpc) is 3.09. The third kappa shape index (κ3) is 2.46. The highest BCUT2D eigenvalue weighted by Crippen LogP contribution is 2.47. The zero-order valence-electron chi connectivity index (χ0n) is 13.6. The molecule has 1 fully saturated rings. The van der Waals surface area contributed by atoms with Gasteiger partial charge in [-0.3, -0.25) is 14.5 Å². The minimum absolute atomic E-state index is 0.104. The largest absolute Gasteiger partial charge is 0.387 e. The highest BCUT2D eigenvalue weighted by Gasteiger charge is 2.55. The van der Waals surface area contributed by atoms with Gasteiger partial charge in [-0.1, -0.05) is 36.4 Å². The zero-order chi connectivity index (χ0) is 17.6. The highest BCUT2D eigenvalue weighted by molar-refractivity contribution is 6.09. The van der Waals surface area contributed by atoms with E-state index in [2.05, 4.69) is 0 Å². The molecule has 2 unspecified atom stereocenters. The first-order valence-corrected chi connectivity index (χ1v) is 8.38.